The van der Waals surface area contributed by atoms with Crippen LogP contribution in [0.3, 0.4) is 0 Å². The van der Waals surface area contributed by atoms with Crippen molar-refractivity contribution in [2.75, 3.05) is 6.54 Å². The third kappa shape index (κ3) is 8.70. The average molecular weight is 506 g/mol. The molecule has 0 aromatic carbocycles. The molecule has 3 amide bonds. The summed E-state index contributed by atoms with van der Waals surface area (Å²) in [6, 6.07) is -2.49. The van der Waals surface area contributed by atoms with Crippen molar-refractivity contribution in [3.05, 3.63) is 0 Å². The topological polar surface area (TPSA) is 171 Å². The third-order valence-electron chi connectivity index (χ3n) is 6.55. The largest absolute Gasteiger partial charge is 0.446 e. The highest BCUT2D eigenvalue weighted by atomic mass is 32.2. The molecule has 0 bridgehead atoms. The number of amides is 3. The van der Waals surface area contributed by atoms with Gasteiger partial charge in [-0.15, -0.1) is 0 Å². The minimum absolute atomic E-state index is 0.00270. The summed E-state index contributed by atoms with van der Waals surface area (Å²) in [5.41, 5.74) is -2.11. The SMILES string of the molecule is CC(C)C[C@H](NC(=O)OC1CCC(C)(C)CC1)C(=O)N[C@@H](C[C@@H]1CCNC1=O)C(O)S(=O)(=O)O. The lowest BCUT2D eigenvalue weighted by Crippen LogP contribution is -2.55. The molecule has 2 rings (SSSR count). The van der Waals surface area contributed by atoms with Crippen LogP contribution in [0.2, 0.25) is 0 Å². The van der Waals surface area contributed by atoms with Gasteiger partial charge in [-0.25, -0.2) is 4.79 Å². The van der Waals surface area contributed by atoms with Crippen LogP contribution < -0.4 is 16.0 Å². The molecule has 4 atom stereocenters. The van der Waals surface area contributed by atoms with E-state index in [1.54, 1.807) is 0 Å². The van der Waals surface area contributed by atoms with Crippen molar-refractivity contribution in [1.82, 2.24) is 16.0 Å². The summed E-state index contributed by atoms with van der Waals surface area (Å²) in [4.78, 5) is 37.5. The van der Waals surface area contributed by atoms with Crippen LogP contribution in [0.15, 0.2) is 0 Å². The van der Waals surface area contributed by atoms with E-state index >= 15 is 0 Å². The number of aliphatic hydroxyl groups excluding tert-OH is 1. The Hall–Kier alpha value is -1.92. The molecule has 0 spiro atoms. The molecule has 1 saturated carbocycles. The van der Waals surface area contributed by atoms with E-state index in [0.717, 1.165) is 25.7 Å². The Morgan fingerprint density at radius 2 is 1.79 bits per heavy atom. The molecule has 5 N–H and O–H groups in total. The van der Waals surface area contributed by atoms with Gasteiger partial charge in [0.2, 0.25) is 17.3 Å². The first-order valence-corrected chi connectivity index (χ1v) is 13.4. The van der Waals surface area contributed by atoms with Crippen LogP contribution >= 0.6 is 0 Å². The minimum Gasteiger partial charge on any atom is -0.446 e. The van der Waals surface area contributed by atoms with Crippen molar-refractivity contribution >= 4 is 28.0 Å². The maximum absolute atomic E-state index is 13.0. The van der Waals surface area contributed by atoms with Crippen molar-refractivity contribution < 1.29 is 37.2 Å². The predicted octanol–water partition coefficient (Wildman–Crippen LogP) is 1.31. The molecule has 0 aromatic rings. The number of hydrogen-bond donors (Lipinski definition) is 5. The van der Waals surface area contributed by atoms with Gasteiger partial charge in [0, 0.05) is 12.5 Å². The molecule has 1 unspecified atom stereocenters. The summed E-state index contributed by atoms with van der Waals surface area (Å²) in [6.07, 6.45) is 2.77. The van der Waals surface area contributed by atoms with Crippen LogP contribution in [0.1, 0.15) is 72.6 Å². The molecular weight excluding hydrogens is 466 g/mol. The summed E-state index contributed by atoms with van der Waals surface area (Å²) in [7, 11) is -4.91. The third-order valence-corrected chi connectivity index (χ3v) is 7.49. The molecule has 12 heteroatoms. The quantitative estimate of drug-likeness (QED) is 0.277. The van der Waals surface area contributed by atoms with Crippen LogP contribution in [-0.2, 0) is 24.4 Å². The number of carbonyl (C=O) groups is 3. The molecule has 1 heterocycles. The van der Waals surface area contributed by atoms with Crippen molar-refractivity contribution in [2.45, 2.75) is 96.3 Å². The van der Waals surface area contributed by atoms with Gasteiger partial charge in [-0.05, 0) is 56.3 Å². The van der Waals surface area contributed by atoms with Gasteiger partial charge in [0.25, 0.3) is 10.1 Å². The number of alkyl carbamates (subject to hydrolysis) is 1. The molecule has 2 fully saturated rings. The summed E-state index contributed by atoms with van der Waals surface area (Å²) in [5, 5.41) is 17.7. The number of hydrogen-bond acceptors (Lipinski definition) is 7. The van der Waals surface area contributed by atoms with Crippen LogP contribution in [0.5, 0.6) is 0 Å². The fourth-order valence-corrected chi connectivity index (χ4v) is 5.03. The highest BCUT2D eigenvalue weighted by Crippen LogP contribution is 2.36. The second kappa shape index (κ2) is 11.7. The van der Waals surface area contributed by atoms with Gasteiger partial charge in [-0.2, -0.15) is 8.42 Å². The van der Waals surface area contributed by atoms with E-state index in [4.69, 9.17) is 4.74 Å². The first-order valence-electron chi connectivity index (χ1n) is 11.9. The van der Waals surface area contributed by atoms with Gasteiger partial charge < -0.3 is 25.8 Å². The summed E-state index contributed by atoms with van der Waals surface area (Å²) < 4.78 is 38.0. The van der Waals surface area contributed by atoms with Crippen molar-refractivity contribution in [3.63, 3.8) is 0 Å². The highest BCUT2D eigenvalue weighted by molar-refractivity contribution is 7.86. The van der Waals surface area contributed by atoms with E-state index in [0.29, 0.717) is 13.0 Å². The predicted molar refractivity (Wildman–Crippen MR) is 124 cm³/mol. The number of aliphatic hydroxyl groups is 1. The smallest absolute Gasteiger partial charge is 0.408 e. The van der Waals surface area contributed by atoms with Crippen molar-refractivity contribution in [2.24, 2.45) is 17.3 Å². The van der Waals surface area contributed by atoms with Gasteiger partial charge in [-0.1, -0.05) is 27.7 Å². The Labute approximate surface area is 201 Å². The zero-order valence-corrected chi connectivity index (χ0v) is 21.2. The maximum atomic E-state index is 13.0. The fourth-order valence-electron chi connectivity index (χ4n) is 4.44. The molecule has 34 heavy (non-hydrogen) atoms. The molecule has 2 aliphatic rings. The van der Waals surface area contributed by atoms with E-state index in [-0.39, 0.29) is 36.2 Å². The lowest BCUT2D eigenvalue weighted by atomic mass is 9.76. The summed E-state index contributed by atoms with van der Waals surface area (Å²) >= 11 is 0. The molecule has 11 nitrogen and oxygen atoms in total. The summed E-state index contributed by atoms with van der Waals surface area (Å²) in [6.45, 7) is 8.43. The van der Waals surface area contributed by atoms with Gasteiger partial charge in [0.15, 0.2) is 0 Å². The number of rotatable bonds is 10. The molecule has 0 aromatic heterocycles. The molecule has 1 aliphatic heterocycles. The van der Waals surface area contributed by atoms with E-state index in [2.05, 4.69) is 29.8 Å². The highest BCUT2D eigenvalue weighted by Gasteiger charge is 2.38. The van der Waals surface area contributed by atoms with Gasteiger partial charge in [0.05, 0.1) is 6.04 Å². The lowest BCUT2D eigenvalue weighted by Gasteiger charge is -2.34. The Balaban J connectivity index is 2.06. The Bertz CT molecular complexity index is 835. The fraction of sp³-hybridized carbons (Fsp3) is 0.864. The molecule has 1 saturated heterocycles. The second-order valence-corrected chi connectivity index (χ2v) is 12.1. The average Bonchev–Trinajstić information content (AvgIpc) is 3.11. The zero-order chi connectivity index (χ0) is 25.7. The molecule has 0 radical (unpaired) electrons. The summed E-state index contributed by atoms with van der Waals surface area (Å²) in [5.74, 6) is -1.68. The van der Waals surface area contributed by atoms with Crippen LogP contribution in [0.25, 0.3) is 0 Å². The van der Waals surface area contributed by atoms with Crippen LogP contribution in [0.4, 0.5) is 4.79 Å². The first kappa shape index (κ1) is 28.3. The van der Waals surface area contributed by atoms with Crippen LogP contribution in [-0.4, -0.2) is 66.2 Å². The van der Waals surface area contributed by atoms with E-state index in [9.17, 15) is 32.5 Å². The van der Waals surface area contributed by atoms with E-state index < -0.39 is 45.6 Å². The zero-order valence-electron chi connectivity index (χ0n) is 20.4. The Morgan fingerprint density at radius 1 is 1.18 bits per heavy atom. The number of ether oxygens (including phenoxy) is 1. The molecular formula is C22H39N3O8S. The number of carbonyl (C=O) groups excluding carboxylic acids is 3. The van der Waals surface area contributed by atoms with Crippen LogP contribution in [0, 0.1) is 17.3 Å². The normalized spacial score (nSPS) is 23.6. The van der Waals surface area contributed by atoms with Gasteiger partial charge >= 0.3 is 6.09 Å². The standard InChI is InChI=1S/C22H39N3O8S/c1-13(2)11-16(25-21(29)33-15-5-8-22(3,4)9-6-15)19(27)24-17(20(28)34(30,31)32)12-14-7-10-23-18(14)26/h13-17,20,28H,5-12H2,1-4H3,(H,23,26)(H,24,27)(H,25,29)(H,30,31,32)/t14-,16-,17-,20?/m0/s1. The molecule has 1 aliphatic carbocycles. The maximum Gasteiger partial charge on any atom is 0.408 e. The van der Waals surface area contributed by atoms with Crippen molar-refractivity contribution in [1.29, 1.82) is 0 Å². The lowest BCUT2D eigenvalue weighted by molar-refractivity contribution is -0.126. The second-order valence-electron chi connectivity index (χ2n) is 10.6. The monoisotopic (exact) mass is 505 g/mol. The van der Waals surface area contributed by atoms with Gasteiger partial charge in [-0.3, -0.25) is 14.1 Å². The Morgan fingerprint density at radius 3 is 2.29 bits per heavy atom. The van der Waals surface area contributed by atoms with E-state index in [1.807, 2.05) is 13.8 Å². The van der Waals surface area contributed by atoms with Gasteiger partial charge in [0.1, 0.15) is 12.1 Å². The van der Waals surface area contributed by atoms with E-state index in [1.165, 1.54) is 0 Å². The van der Waals surface area contributed by atoms with Crippen molar-refractivity contribution in [3.8, 4) is 0 Å². The minimum atomic E-state index is -4.91. The number of nitrogens with one attached hydrogen (secondary N) is 3. The first-order chi connectivity index (χ1) is 15.7. The Kier molecular flexibility index (Phi) is 9.72. The molecule has 196 valence electrons.